The van der Waals surface area contributed by atoms with Gasteiger partial charge in [-0.05, 0) is 55.0 Å². The molecule has 7 heteroatoms. The Morgan fingerprint density at radius 2 is 1.71 bits per heavy atom. The van der Waals surface area contributed by atoms with Gasteiger partial charge in [0.05, 0.1) is 10.8 Å². The molecule has 1 N–H and O–H groups in total. The van der Waals surface area contributed by atoms with Crippen molar-refractivity contribution in [3.8, 4) is 0 Å². The zero-order valence-electron chi connectivity index (χ0n) is 12.7. The molecule has 0 aromatic heterocycles. The molecule has 0 fully saturated rings. The highest BCUT2D eigenvalue weighted by atomic mass is 35.5. The van der Waals surface area contributed by atoms with E-state index in [0.29, 0.717) is 17.1 Å². The van der Waals surface area contributed by atoms with Crippen LogP contribution in [0, 0.1) is 0 Å². The van der Waals surface area contributed by atoms with E-state index in [2.05, 4.69) is 5.32 Å². The maximum Gasteiger partial charge on any atom is 0.416 e. The number of thioether (sulfide) groups is 1. The second kappa shape index (κ2) is 7.94. The molecule has 0 saturated heterocycles. The number of carbonyl (C=O) groups is 1. The molecule has 2 nitrogen and oxygen atoms in total. The zero-order chi connectivity index (χ0) is 17.7. The number of amides is 1. The molecule has 0 unspecified atom stereocenters. The molecule has 2 rings (SSSR count). The summed E-state index contributed by atoms with van der Waals surface area (Å²) in [5, 5.41) is 2.91. The Morgan fingerprint density at radius 1 is 1.12 bits per heavy atom. The molecule has 0 radical (unpaired) electrons. The number of anilines is 1. The van der Waals surface area contributed by atoms with Crippen LogP contribution in [0.25, 0.3) is 0 Å². The Kier molecular flexibility index (Phi) is 6.18. The quantitative estimate of drug-likeness (QED) is 0.664. The number of hydrogen-bond acceptors (Lipinski definition) is 2. The SMILES string of the molecule is CC[C@H](Sc1ccc(Cl)cc1)C(=O)Nc1ccc(C(F)(F)F)cc1. The fourth-order valence-electron chi connectivity index (χ4n) is 1.96. The second-order valence-corrected chi connectivity index (χ2v) is 6.75. The van der Waals surface area contributed by atoms with Crippen molar-refractivity contribution in [3.63, 3.8) is 0 Å². The van der Waals surface area contributed by atoms with Gasteiger partial charge in [0.25, 0.3) is 0 Å². The van der Waals surface area contributed by atoms with Gasteiger partial charge >= 0.3 is 6.18 Å². The van der Waals surface area contributed by atoms with Gasteiger partial charge in [0.2, 0.25) is 5.91 Å². The van der Waals surface area contributed by atoms with Crippen LogP contribution in [0.1, 0.15) is 18.9 Å². The van der Waals surface area contributed by atoms with Crippen molar-refractivity contribution in [2.24, 2.45) is 0 Å². The van der Waals surface area contributed by atoms with Crippen LogP contribution in [0.15, 0.2) is 53.4 Å². The first-order chi connectivity index (χ1) is 11.3. The average Bonchev–Trinajstić information content (AvgIpc) is 2.54. The summed E-state index contributed by atoms with van der Waals surface area (Å²) in [6.45, 7) is 1.87. The highest BCUT2D eigenvalue weighted by Crippen LogP contribution is 2.31. The summed E-state index contributed by atoms with van der Waals surface area (Å²) in [6, 6.07) is 11.5. The number of benzene rings is 2. The number of halogens is 4. The van der Waals surface area contributed by atoms with Crippen molar-refractivity contribution in [2.45, 2.75) is 29.7 Å². The molecule has 2 aromatic rings. The first kappa shape index (κ1) is 18.7. The minimum atomic E-state index is -4.39. The summed E-state index contributed by atoms with van der Waals surface area (Å²) in [7, 11) is 0. The fraction of sp³-hybridized carbons (Fsp3) is 0.235. The molecular weight excluding hydrogens is 359 g/mol. The van der Waals surface area contributed by atoms with Crippen LogP contribution in [-0.2, 0) is 11.0 Å². The molecule has 0 aliphatic carbocycles. The van der Waals surface area contributed by atoms with E-state index in [-0.39, 0.29) is 11.2 Å². The Morgan fingerprint density at radius 3 is 2.21 bits per heavy atom. The lowest BCUT2D eigenvalue weighted by molar-refractivity contribution is -0.137. The third-order valence-electron chi connectivity index (χ3n) is 3.23. The Balaban J connectivity index is 2.02. The van der Waals surface area contributed by atoms with Crippen molar-refractivity contribution >= 4 is 35.0 Å². The van der Waals surface area contributed by atoms with Gasteiger partial charge in [-0.3, -0.25) is 4.79 Å². The van der Waals surface area contributed by atoms with Crippen molar-refractivity contribution in [1.82, 2.24) is 0 Å². The van der Waals surface area contributed by atoms with E-state index < -0.39 is 11.7 Å². The molecule has 1 atom stereocenters. The number of alkyl halides is 3. The van der Waals surface area contributed by atoms with Crippen molar-refractivity contribution in [2.75, 3.05) is 5.32 Å². The summed E-state index contributed by atoms with van der Waals surface area (Å²) in [5.41, 5.74) is -0.411. The van der Waals surface area contributed by atoms with E-state index in [9.17, 15) is 18.0 Å². The Hall–Kier alpha value is -1.66. The molecule has 2 aromatic carbocycles. The van der Waals surface area contributed by atoms with Gasteiger partial charge in [0, 0.05) is 15.6 Å². The van der Waals surface area contributed by atoms with Gasteiger partial charge in [-0.15, -0.1) is 11.8 Å². The van der Waals surface area contributed by atoms with E-state index >= 15 is 0 Å². The Bertz CT molecular complexity index is 686. The number of rotatable bonds is 5. The molecule has 0 spiro atoms. The maximum absolute atomic E-state index is 12.5. The summed E-state index contributed by atoms with van der Waals surface area (Å²) < 4.78 is 37.6. The summed E-state index contributed by atoms with van der Waals surface area (Å²) in [5.74, 6) is -0.253. The molecule has 0 heterocycles. The molecule has 1 amide bonds. The Labute approximate surface area is 147 Å². The van der Waals surface area contributed by atoms with Crippen molar-refractivity contribution < 1.29 is 18.0 Å². The summed E-state index contributed by atoms with van der Waals surface area (Å²) in [6.07, 6.45) is -3.81. The largest absolute Gasteiger partial charge is 0.416 e. The van der Waals surface area contributed by atoms with Crippen LogP contribution in [0.2, 0.25) is 5.02 Å². The van der Waals surface area contributed by atoms with E-state index in [1.165, 1.54) is 23.9 Å². The molecular formula is C17H15ClF3NOS. The third kappa shape index (κ3) is 5.18. The lowest BCUT2D eigenvalue weighted by Crippen LogP contribution is -2.24. The van der Waals surface area contributed by atoms with Gasteiger partial charge in [0.1, 0.15) is 0 Å². The first-order valence-electron chi connectivity index (χ1n) is 7.20. The predicted octanol–water partition coefficient (Wildman–Crippen LogP) is 5.87. The van der Waals surface area contributed by atoms with Crippen LogP contribution < -0.4 is 5.32 Å². The number of nitrogens with one attached hydrogen (secondary N) is 1. The van der Waals surface area contributed by atoms with Gasteiger partial charge in [-0.25, -0.2) is 0 Å². The minimum Gasteiger partial charge on any atom is -0.325 e. The van der Waals surface area contributed by atoms with Gasteiger partial charge in [0.15, 0.2) is 0 Å². The molecule has 0 saturated carbocycles. The minimum absolute atomic E-state index is 0.253. The van der Waals surface area contributed by atoms with Crippen LogP contribution >= 0.6 is 23.4 Å². The zero-order valence-corrected chi connectivity index (χ0v) is 14.3. The number of carbonyl (C=O) groups excluding carboxylic acids is 1. The third-order valence-corrected chi connectivity index (χ3v) is 4.86. The standard InChI is InChI=1S/C17H15ClF3NOS/c1-2-15(24-14-9-5-12(18)6-10-14)16(23)22-13-7-3-11(4-8-13)17(19,20)21/h3-10,15H,2H2,1H3,(H,22,23)/t15-/m0/s1. The summed E-state index contributed by atoms with van der Waals surface area (Å²) in [4.78, 5) is 13.2. The second-order valence-electron chi connectivity index (χ2n) is 5.03. The van der Waals surface area contributed by atoms with Gasteiger partial charge < -0.3 is 5.32 Å². The normalized spacial score (nSPS) is 12.7. The molecule has 24 heavy (non-hydrogen) atoms. The topological polar surface area (TPSA) is 29.1 Å². The van der Waals surface area contributed by atoms with E-state index in [4.69, 9.17) is 11.6 Å². The number of hydrogen-bond donors (Lipinski definition) is 1. The molecule has 0 aliphatic rings. The monoisotopic (exact) mass is 373 g/mol. The average molecular weight is 374 g/mol. The fourth-order valence-corrected chi connectivity index (χ4v) is 3.05. The van der Waals surface area contributed by atoms with Gasteiger partial charge in [-0.1, -0.05) is 18.5 Å². The van der Waals surface area contributed by atoms with Crippen molar-refractivity contribution in [3.05, 3.63) is 59.1 Å². The smallest absolute Gasteiger partial charge is 0.325 e. The van der Waals surface area contributed by atoms with E-state index in [0.717, 1.165) is 17.0 Å². The lowest BCUT2D eigenvalue weighted by Gasteiger charge is -2.15. The van der Waals surface area contributed by atoms with Gasteiger partial charge in [-0.2, -0.15) is 13.2 Å². The first-order valence-corrected chi connectivity index (χ1v) is 8.45. The van der Waals surface area contributed by atoms with Crippen LogP contribution in [0.4, 0.5) is 18.9 Å². The maximum atomic E-state index is 12.5. The highest BCUT2D eigenvalue weighted by molar-refractivity contribution is 8.00. The predicted molar refractivity (Wildman–Crippen MR) is 91.5 cm³/mol. The van der Waals surface area contributed by atoms with Crippen LogP contribution in [-0.4, -0.2) is 11.2 Å². The van der Waals surface area contributed by atoms with E-state index in [1.807, 2.05) is 19.1 Å². The molecule has 128 valence electrons. The highest BCUT2D eigenvalue weighted by Gasteiger charge is 2.30. The molecule has 0 aliphatic heterocycles. The van der Waals surface area contributed by atoms with E-state index in [1.54, 1.807) is 12.1 Å². The van der Waals surface area contributed by atoms with Crippen molar-refractivity contribution in [1.29, 1.82) is 0 Å². The summed E-state index contributed by atoms with van der Waals surface area (Å²) >= 11 is 7.21. The van der Waals surface area contributed by atoms with Crippen LogP contribution in [0.3, 0.4) is 0 Å². The van der Waals surface area contributed by atoms with Crippen LogP contribution in [0.5, 0.6) is 0 Å². The lowest BCUT2D eigenvalue weighted by atomic mass is 10.2. The molecule has 0 bridgehead atoms.